The molecule has 3 rings (SSSR count). The first-order chi connectivity index (χ1) is 8.29. The molecule has 3 nitrogen and oxygen atoms in total. The fraction of sp³-hybridized carbons (Fsp3) is 1.00. The molecule has 0 spiro atoms. The van der Waals surface area contributed by atoms with Gasteiger partial charge in [0, 0.05) is 43.8 Å². The van der Waals surface area contributed by atoms with Gasteiger partial charge < -0.3 is 5.32 Å². The Kier molecular flexibility index (Phi) is 3.42. The van der Waals surface area contributed by atoms with Gasteiger partial charge in [0.1, 0.15) is 0 Å². The van der Waals surface area contributed by atoms with Crippen LogP contribution < -0.4 is 5.32 Å². The van der Waals surface area contributed by atoms with Crippen LogP contribution in [0.3, 0.4) is 0 Å². The summed E-state index contributed by atoms with van der Waals surface area (Å²) in [5.74, 6) is 0. The molecule has 1 N–H and O–H groups in total. The van der Waals surface area contributed by atoms with Crippen molar-refractivity contribution in [2.24, 2.45) is 0 Å². The van der Waals surface area contributed by atoms with Gasteiger partial charge in [-0.2, -0.15) is 0 Å². The Morgan fingerprint density at radius 2 is 2.00 bits per heavy atom. The van der Waals surface area contributed by atoms with Gasteiger partial charge in [-0.1, -0.05) is 6.92 Å². The molecule has 0 aromatic heterocycles. The van der Waals surface area contributed by atoms with Gasteiger partial charge in [0.2, 0.25) is 0 Å². The van der Waals surface area contributed by atoms with E-state index in [-0.39, 0.29) is 0 Å². The molecule has 2 unspecified atom stereocenters. The molecule has 1 saturated carbocycles. The lowest BCUT2D eigenvalue weighted by molar-refractivity contribution is 0.0961. The highest BCUT2D eigenvalue weighted by atomic mass is 15.3. The molecule has 0 bridgehead atoms. The summed E-state index contributed by atoms with van der Waals surface area (Å²) in [6, 6.07) is 3.42. The van der Waals surface area contributed by atoms with E-state index < -0.39 is 0 Å². The van der Waals surface area contributed by atoms with E-state index in [0.29, 0.717) is 0 Å². The average molecular weight is 237 g/mol. The molecule has 17 heavy (non-hydrogen) atoms. The molecule has 0 radical (unpaired) electrons. The van der Waals surface area contributed by atoms with Gasteiger partial charge in [0.15, 0.2) is 0 Å². The molecule has 3 fully saturated rings. The highest BCUT2D eigenvalue weighted by Crippen LogP contribution is 2.35. The Labute approximate surface area is 106 Å². The van der Waals surface area contributed by atoms with Crippen molar-refractivity contribution in [3.05, 3.63) is 0 Å². The highest BCUT2D eigenvalue weighted by molar-refractivity contribution is 4.99. The lowest BCUT2D eigenvalue weighted by Gasteiger charge is -2.41. The van der Waals surface area contributed by atoms with Crippen molar-refractivity contribution in [2.75, 3.05) is 26.2 Å². The summed E-state index contributed by atoms with van der Waals surface area (Å²) in [5, 5.41) is 3.43. The van der Waals surface area contributed by atoms with Crippen LogP contribution in [0.4, 0.5) is 0 Å². The van der Waals surface area contributed by atoms with E-state index in [0.717, 1.165) is 24.2 Å². The largest absolute Gasteiger partial charge is 0.314 e. The maximum Gasteiger partial charge on any atom is 0.0348 e. The molecule has 98 valence electrons. The van der Waals surface area contributed by atoms with Crippen molar-refractivity contribution in [1.29, 1.82) is 0 Å². The van der Waals surface area contributed by atoms with Crippen molar-refractivity contribution < 1.29 is 0 Å². The summed E-state index contributed by atoms with van der Waals surface area (Å²) >= 11 is 0. The van der Waals surface area contributed by atoms with Crippen LogP contribution in [-0.2, 0) is 0 Å². The maximum atomic E-state index is 3.43. The third kappa shape index (κ3) is 2.38. The predicted molar refractivity (Wildman–Crippen MR) is 71.2 cm³/mol. The smallest absolute Gasteiger partial charge is 0.0348 e. The fourth-order valence-corrected chi connectivity index (χ4v) is 3.61. The average Bonchev–Trinajstić information content (AvgIpc) is 2.99. The van der Waals surface area contributed by atoms with E-state index in [2.05, 4.69) is 29.0 Å². The van der Waals surface area contributed by atoms with E-state index in [9.17, 15) is 0 Å². The van der Waals surface area contributed by atoms with Gasteiger partial charge in [-0.3, -0.25) is 9.80 Å². The number of nitrogens with zero attached hydrogens (tertiary/aromatic N) is 2. The number of rotatable bonds is 5. The molecule has 3 aliphatic rings. The number of likely N-dealkylation sites (tertiary alicyclic amines) is 1. The Morgan fingerprint density at radius 3 is 2.53 bits per heavy atom. The van der Waals surface area contributed by atoms with Crippen LogP contribution in [0.15, 0.2) is 0 Å². The van der Waals surface area contributed by atoms with Gasteiger partial charge >= 0.3 is 0 Å². The third-order valence-electron chi connectivity index (χ3n) is 4.80. The molecule has 0 amide bonds. The molecule has 2 saturated heterocycles. The van der Waals surface area contributed by atoms with Crippen molar-refractivity contribution in [3.63, 3.8) is 0 Å². The van der Waals surface area contributed by atoms with E-state index in [4.69, 9.17) is 0 Å². The predicted octanol–water partition coefficient (Wildman–Crippen LogP) is 1.30. The molecule has 1 aliphatic carbocycles. The SMILES string of the molecule is CCCN(C1CNC1)C1CC(C)N(C2CC2)C1. The van der Waals surface area contributed by atoms with E-state index >= 15 is 0 Å². The third-order valence-corrected chi connectivity index (χ3v) is 4.80. The second-order valence-electron chi connectivity index (χ2n) is 6.22. The first-order valence-corrected chi connectivity index (χ1v) is 7.51. The van der Waals surface area contributed by atoms with Crippen molar-refractivity contribution >= 4 is 0 Å². The van der Waals surface area contributed by atoms with Gasteiger partial charge in [-0.25, -0.2) is 0 Å². The minimum atomic E-state index is 0.819. The zero-order valence-corrected chi connectivity index (χ0v) is 11.4. The maximum absolute atomic E-state index is 3.43. The van der Waals surface area contributed by atoms with Crippen LogP contribution in [0.25, 0.3) is 0 Å². The van der Waals surface area contributed by atoms with Crippen molar-refractivity contribution in [1.82, 2.24) is 15.1 Å². The molecule has 2 atom stereocenters. The van der Waals surface area contributed by atoms with Crippen LogP contribution in [0, 0.1) is 0 Å². The lowest BCUT2D eigenvalue weighted by Crippen LogP contribution is -2.60. The molecule has 0 aromatic rings. The Hall–Kier alpha value is -0.120. The van der Waals surface area contributed by atoms with Gasteiger partial charge in [0.05, 0.1) is 0 Å². The topological polar surface area (TPSA) is 18.5 Å². The quantitative estimate of drug-likeness (QED) is 0.777. The van der Waals surface area contributed by atoms with Crippen LogP contribution in [-0.4, -0.2) is 60.1 Å². The summed E-state index contributed by atoms with van der Waals surface area (Å²) in [4.78, 5) is 5.58. The molecule has 0 aromatic carbocycles. The van der Waals surface area contributed by atoms with Crippen molar-refractivity contribution in [3.8, 4) is 0 Å². The highest BCUT2D eigenvalue weighted by Gasteiger charge is 2.42. The first kappa shape index (κ1) is 11.9. The van der Waals surface area contributed by atoms with Gasteiger partial charge in [0.25, 0.3) is 0 Å². The summed E-state index contributed by atoms with van der Waals surface area (Å²) in [5.41, 5.74) is 0. The van der Waals surface area contributed by atoms with E-state index in [1.807, 2.05) is 0 Å². The van der Waals surface area contributed by atoms with Gasteiger partial charge in [-0.05, 0) is 39.2 Å². The molecule has 3 heteroatoms. The summed E-state index contributed by atoms with van der Waals surface area (Å²) in [6.07, 6.45) is 5.60. The number of nitrogens with one attached hydrogen (secondary N) is 1. The standard InChI is InChI=1S/C14H27N3/c1-3-6-16(14-8-15-9-14)13-7-11(2)17(10-13)12-4-5-12/h11-15H,3-10H2,1-2H3. The van der Waals surface area contributed by atoms with Crippen LogP contribution >= 0.6 is 0 Å². The summed E-state index contributed by atoms with van der Waals surface area (Å²) < 4.78 is 0. The number of hydrogen-bond donors (Lipinski definition) is 1. The second kappa shape index (κ2) is 4.87. The first-order valence-electron chi connectivity index (χ1n) is 7.51. The minimum absolute atomic E-state index is 0.819. The monoisotopic (exact) mass is 237 g/mol. The van der Waals surface area contributed by atoms with Crippen molar-refractivity contribution in [2.45, 2.75) is 63.7 Å². The van der Waals surface area contributed by atoms with Crippen LogP contribution in [0.1, 0.15) is 39.5 Å². The zero-order chi connectivity index (χ0) is 11.8. The second-order valence-corrected chi connectivity index (χ2v) is 6.22. The Balaban J connectivity index is 1.61. The van der Waals surface area contributed by atoms with E-state index in [1.165, 1.54) is 51.9 Å². The number of hydrogen-bond acceptors (Lipinski definition) is 3. The van der Waals surface area contributed by atoms with Crippen LogP contribution in [0.2, 0.25) is 0 Å². The summed E-state index contributed by atoms with van der Waals surface area (Å²) in [6.45, 7) is 9.81. The molecule has 2 aliphatic heterocycles. The zero-order valence-electron chi connectivity index (χ0n) is 11.4. The van der Waals surface area contributed by atoms with Crippen LogP contribution in [0.5, 0.6) is 0 Å². The molecule has 2 heterocycles. The Bertz CT molecular complexity index is 260. The minimum Gasteiger partial charge on any atom is -0.314 e. The lowest BCUT2D eigenvalue weighted by atomic mass is 10.0. The van der Waals surface area contributed by atoms with E-state index in [1.54, 1.807) is 0 Å². The Morgan fingerprint density at radius 1 is 1.24 bits per heavy atom. The summed E-state index contributed by atoms with van der Waals surface area (Å²) in [7, 11) is 0. The normalized spacial score (nSPS) is 35.5. The van der Waals surface area contributed by atoms with Gasteiger partial charge in [-0.15, -0.1) is 0 Å². The molecular weight excluding hydrogens is 210 g/mol. The fourth-order valence-electron chi connectivity index (χ4n) is 3.61. The molecular formula is C14H27N3.